The van der Waals surface area contributed by atoms with Crippen molar-refractivity contribution >= 4 is 28.6 Å². The van der Waals surface area contributed by atoms with Gasteiger partial charge in [-0.15, -0.1) is 0 Å². The number of esters is 1. The van der Waals surface area contributed by atoms with Crippen molar-refractivity contribution < 1.29 is 9.53 Å². The largest absolute Gasteiger partial charge is 0.461 e. The van der Waals surface area contributed by atoms with Crippen molar-refractivity contribution in [2.24, 2.45) is 0 Å². The molecule has 7 heteroatoms. The molecule has 3 aromatic carbocycles. The lowest BCUT2D eigenvalue weighted by atomic mass is 10.0. The summed E-state index contributed by atoms with van der Waals surface area (Å²) in [4.78, 5) is 24.9. The molecule has 2 aromatic heterocycles. The van der Waals surface area contributed by atoms with Crippen LogP contribution in [0.1, 0.15) is 40.1 Å². The van der Waals surface area contributed by atoms with E-state index in [0.717, 1.165) is 44.7 Å². The summed E-state index contributed by atoms with van der Waals surface area (Å²) in [6, 6.07) is 20.5. The molecule has 0 aliphatic rings. The Labute approximate surface area is 214 Å². The standard InChI is InChI=1S/C29H27ClN4O2/c1-5-36-29(35)27-18(3)31-28(33-27)23-13-17(2)26-25(15-23)34(19(4)32-26)16-22-12-11-21(14-24(22)30)20-9-7-6-8-10-20/h6-15H,5,16H2,1-4H3,(H,31,33). The summed E-state index contributed by atoms with van der Waals surface area (Å²) in [5.74, 6) is 1.09. The summed E-state index contributed by atoms with van der Waals surface area (Å²) >= 11 is 6.74. The van der Waals surface area contributed by atoms with Gasteiger partial charge in [-0.1, -0.05) is 54.1 Å². The number of carbonyl (C=O) groups is 1. The highest BCUT2D eigenvalue weighted by Gasteiger charge is 2.19. The summed E-state index contributed by atoms with van der Waals surface area (Å²) in [7, 11) is 0. The first kappa shape index (κ1) is 23.8. The second-order valence-electron chi connectivity index (χ2n) is 8.86. The van der Waals surface area contributed by atoms with Crippen molar-refractivity contribution in [2.75, 3.05) is 6.61 Å². The van der Waals surface area contributed by atoms with E-state index in [-0.39, 0.29) is 0 Å². The lowest BCUT2D eigenvalue weighted by Gasteiger charge is -2.11. The molecule has 0 saturated carbocycles. The maximum Gasteiger partial charge on any atom is 0.358 e. The number of nitrogens with zero attached hydrogens (tertiary/aromatic N) is 3. The molecule has 0 atom stereocenters. The number of benzene rings is 3. The van der Waals surface area contributed by atoms with E-state index in [1.807, 2.05) is 51.1 Å². The van der Waals surface area contributed by atoms with Gasteiger partial charge in [-0.3, -0.25) is 0 Å². The normalized spacial score (nSPS) is 11.2. The van der Waals surface area contributed by atoms with Crippen molar-refractivity contribution in [3.8, 4) is 22.5 Å². The van der Waals surface area contributed by atoms with Crippen LogP contribution in [0.2, 0.25) is 5.02 Å². The molecule has 0 spiro atoms. The van der Waals surface area contributed by atoms with E-state index in [4.69, 9.17) is 21.3 Å². The van der Waals surface area contributed by atoms with Crippen LogP contribution >= 0.6 is 11.6 Å². The molecule has 0 bridgehead atoms. The molecule has 2 heterocycles. The zero-order chi connectivity index (χ0) is 25.4. The lowest BCUT2D eigenvalue weighted by molar-refractivity contribution is 0.0519. The molecule has 0 aliphatic heterocycles. The summed E-state index contributed by atoms with van der Waals surface area (Å²) in [6.45, 7) is 8.53. The van der Waals surface area contributed by atoms with Crippen LogP contribution in [0.3, 0.4) is 0 Å². The van der Waals surface area contributed by atoms with Gasteiger partial charge in [0, 0.05) is 16.3 Å². The van der Waals surface area contributed by atoms with Gasteiger partial charge in [0.2, 0.25) is 0 Å². The highest BCUT2D eigenvalue weighted by molar-refractivity contribution is 6.31. The first-order valence-electron chi connectivity index (χ1n) is 11.9. The van der Waals surface area contributed by atoms with Gasteiger partial charge in [-0.2, -0.15) is 0 Å². The minimum absolute atomic E-state index is 0.304. The third kappa shape index (κ3) is 4.40. The van der Waals surface area contributed by atoms with E-state index < -0.39 is 5.97 Å². The van der Waals surface area contributed by atoms with Crippen LogP contribution in [0.25, 0.3) is 33.5 Å². The summed E-state index contributed by atoms with van der Waals surface area (Å²) < 4.78 is 7.30. The second-order valence-corrected chi connectivity index (χ2v) is 9.26. The third-order valence-electron chi connectivity index (χ3n) is 6.35. The topological polar surface area (TPSA) is 72.8 Å². The van der Waals surface area contributed by atoms with Crippen LogP contribution in [0.15, 0.2) is 60.7 Å². The smallest absolute Gasteiger partial charge is 0.358 e. The average molecular weight is 499 g/mol. The zero-order valence-corrected chi connectivity index (χ0v) is 21.5. The van der Waals surface area contributed by atoms with E-state index in [1.165, 1.54) is 0 Å². The van der Waals surface area contributed by atoms with Crippen LogP contribution in [0.4, 0.5) is 0 Å². The van der Waals surface area contributed by atoms with Gasteiger partial charge in [0.05, 0.1) is 24.2 Å². The number of carbonyl (C=O) groups excluding carboxylic acids is 1. The first-order chi connectivity index (χ1) is 17.4. The molecule has 5 rings (SSSR count). The number of imidazole rings is 2. The molecule has 182 valence electrons. The molecule has 0 aliphatic carbocycles. The summed E-state index contributed by atoms with van der Waals surface area (Å²) in [5.41, 5.74) is 8.04. The number of ether oxygens (including phenoxy) is 1. The van der Waals surface area contributed by atoms with Gasteiger partial charge in [0.25, 0.3) is 0 Å². The number of H-pyrrole nitrogens is 1. The maximum absolute atomic E-state index is 12.3. The number of halogens is 1. The second kappa shape index (κ2) is 9.63. The Morgan fingerprint density at radius 3 is 2.47 bits per heavy atom. The highest BCUT2D eigenvalue weighted by atomic mass is 35.5. The lowest BCUT2D eigenvalue weighted by Crippen LogP contribution is -2.06. The Hall–Kier alpha value is -3.90. The fourth-order valence-electron chi connectivity index (χ4n) is 4.50. The number of nitrogens with one attached hydrogen (secondary N) is 1. The molecule has 6 nitrogen and oxygen atoms in total. The predicted octanol–water partition coefficient (Wildman–Crippen LogP) is 6.90. The average Bonchev–Trinajstić information content (AvgIpc) is 3.41. The van der Waals surface area contributed by atoms with Crippen LogP contribution in [-0.4, -0.2) is 32.1 Å². The number of aryl methyl sites for hydroxylation is 3. The highest BCUT2D eigenvalue weighted by Crippen LogP contribution is 2.30. The maximum atomic E-state index is 12.3. The third-order valence-corrected chi connectivity index (χ3v) is 6.70. The molecule has 0 saturated heterocycles. The van der Waals surface area contributed by atoms with E-state index in [1.54, 1.807) is 6.92 Å². The van der Waals surface area contributed by atoms with Gasteiger partial charge in [0.1, 0.15) is 11.6 Å². The number of fused-ring (bicyclic) bond motifs is 1. The van der Waals surface area contributed by atoms with Crippen molar-refractivity contribution in [1.29, 1.82) is 0 Å². The van der Waals surface area contributed by atoms with Crippen molar-refractivity contribution in [3.63, 3.8) is 0 Å². The van der Waals surface area contributed by atoms with Gasteiger partial charge < -0.3 is 14.3 Å². The molecular weight excluding hydrogens is 472 g/mol. The summed E-state index contributed by atoms with van der Waals surface area (Å²) in [6.07, 6.45) is 0. The van der Waals surface area contributed by atoms with Crippen LogP contribution < -0.4 is 0 Å². The van der Waals surface area contributed by atoms with Crippen LogP contribution in [0.5, 0.6) is 0 Å². The van der Waals surface area contributed by atoms with Crippen molar-refractivity contribution in [1.82, 2.24) is 19.5 Å². The Balaban J connectivity index is 1.53. The van der Waals surface area contributed by atoms with Gasteiger partial charge >= 0.3 is 5.97 Å². The number of hydrogen-bond acceptors (Lipinski definition) is 4. The molecule has 5 aromatic rings. The Morgan fingerprint density at radius 2 is 1.75 bits per heavy atom. The molecule has 0 radical (unpaired) electrons. The van der Waals surface area contributed by atoms with E-state index in [2.05, 4.69) is 44.9 Å². The molecule has 36 heavy (non-hydrogen) atoms. The molecule has 0 amide bonds. The van der Waals surface area contributed by atoms with E-state index in [9.17, 15) is 4.79 Å². The number of aromatic nitrogens is 4. The van der Waals surface area contributed by atoms with Crippen LogP contribution in [0, 0.1) is 20.8 Å². The Bertz CT molecular complexity index is 1580. The van der Waals surface area contributed by atoms with E-state index >= 15 is 0 Å². The van der Waals surface area contributed by atoms with Gasteiger partial charge in [0.15, 0.2) is 5.69 Å². The fourth-order valence-corrected chi connectivity index (χ4v) is 4.74. The van der Waals surface area contributed by atoms with Crippen molar-refractivity contribution in [3.05, 3.63) is 94.0 Å². The SMILES string of the molecule is CCOC(=O)c1nc(-c2cc(C)c3nc(C)n(Cc4ccc(-c5ccccc5)cc4Cl)c3c2)[nH]c1C. The monoisotopic (exact) mass is 498 g/mol. The van der Waals surface area contributed by atoms with Gasteiger partial charge in [-0.05, 0) is 68.1 Å². The number of aromatic amines is 1. The van der Waals surface area contributed by atoms with E-state index in [0.29, 0.717) is 35.4 Å². The Morgan fingerprint density at radius 1 is 0.972 bits per heavy atom. The molecule has 0 fully saturated rings. The number of rotatable bonds is 6. The first-order valence-corrected chi connectivity index (χ1v) is 12.3. The minimum Gasteiger partial charge on any atom is -0.461 e. The zero-order valence-electron chi connectivity index (χ0n) is 20.7. The molecule has 0 unspecified atom stereocenters. The molecular formula is C29H27ClN4O2. The van der Waals surface area contributed by atoms with Crippen LogP contribution in [-0.2, 0) is 11.3 Å². The quantitative estimate of drug-likeness (QED) is 0.258. The van der Waals surface area contributed by atoms with Crippen molar-refractivity contribution in [2.45, 2.75) is 34.2 Å². The Kier molecular flexibility index (Phi) is 6.37. The predicted molar refractivity (Wildman–Crippen MR) is 143 cm³/mol. The van der Waals surface area contributed by atoms with Gasteiger partial charge in [-0.25, -0.2) is 14.8 Å². The number of hydrogen-bond donors (Lipinski definition) is 1. The summed E-state index contributed by atoms with van der Waals surface area (Å²) in [5, 5.41) is 0.714. The molecule has 1 N–H and O–H groups in total. The fraction of sp³-hybridized carbons (Fsp3) is 0.207. The minimum atomic E-state index is -0.426.